The summed E-state index contributed by atoms with van der Waals surface area (Å²) in [4.78, 5) is 22.7. The van der Waals surface area contributed by atoms with Crippen molar-refractivity contribution in [1.82, 2.24) is 5.32 Å². The molecule has 1 aromatic carbocycles. The van der Waals surface area contributed by atoms with Crippen LogP contribution in [0.1, 0.15) is 42.1 Å². The molecule has 0 aliphatic heterocycles. The van der Waals surface area contributed by atoms with Crippen LogP contribution >= 0.6 is 0 Å². The number of hydrogen-bond acceptors (Lipinski definition) is 3. The van der Waals surface area contributed by atoms with Gasteiger partial charge in [0.25, 0.3) is 0 Å². The van der Waals surface area contributed by atoms with Crippen LogP contribution in [0, 0.1) is 0 Å². The number of carboxylic acid groups (broad SMARTS) is 1. The van der Waals surface area contributed by atoms with Gasteiger partial charge in [0.1, 0.15) is 0 Å². The number of nitrogens with one attached hydrogen (secondary N) is 1. The molecule has 4 N–H and O–H groups in total. The topological polar surface area (TPSA) is 92.4 Å². The van der Waals surface area contributed by atoms with Gasteiger partial charge in [0, 0.05) is 19.0 Å². The first-order chi connectivity index (χ1) is 9.54. The molecule has 1 aromatic rings. The third-order valence-electron chi connectivity index (χ3n) is 3.07. The smallest absolute Gasteiger partial charge is 0.335 e. The second-order valence-corrected chi connectivity index (χ2v) is 4.82. The van der Waals surface area contributed by atoms with Gasteiger partial charge in [-0.1, -0.05) is 31.5 Å². The van der Waals surface area contributed by atoms with Gasteiger partial charge in [-0.05, 0) is 24.5 Å². The first-order valence-corrected chi connectivity index (χ1v) is 6.88. The third-order valence-corrected chi connectivity index (χ3v) is 3.07. The van der Waals surface area contributed by atoms with E-state index in [1.807, 2.05) is 6.92 Å². The zero-order valence-corrected chi connectivity index (χ0v) is 11.8. The van der Waals surface area contributed by atoms with E-state index in [4.69, 9.17) is 10.8 Å². The Morgan fingerprint density at radius 3 is 2.70 bits per heavy atom. The molecule has 110 valence electrons. The highest BCUT2D eigenvalue weighted by Crippen LogP contribution is 2.09. The molecule has 1 unspecified atom stereocenters. The van der Waals surface area contributed by atoms with Crippen LogP contribution in [0.5, 0.6) is 0 Å². The third kappa shape index (κ3) is 5.40. The second kappa shape index (κ2) is 8.32. The molecule has 1 amide bonds. The fraction of sp³-hybridized carbons (Fsp3) is 0.467. The summed E-state index contributed by atoms with van der Waals surface area (Å²) in [6.07, 6.45) is 2.60. The Kier molecular flexibility index (Phi) is 6.73. The highest BCUT2D eigenvalue weighted by molar-refractivity contribution is 5.89. The van der Waals surface area contributed by atoms with Gasteiger partial charge in [-0.2, -0.15) is 0 Å². The number of carboxylic acids is 1. The molecule has 0 heterocycles. The summed E-state index contributed by atoms with van der Waals surface area (Å²) in [5, 5.41) is 11.8. The van der Waals surface area contributed by atoms with E-state index >= 15 is 0 Å². The number of amides is 1. The summed E-state index contributed by atoms with van der Waals surface area (Å²) < 4.78 is 0. The maximum atomic E-state index is 11.6. The lowest BCUT2D eigenvalue weighted by Gasteiger charge is -2.11. The zero-order chi connectivity index (χ0) is 15.0. The van der Waals surface area contributed by atoms with Crippen LogP contribution in [0.25, 0.3) is 0 Å². The van der Waals surface area contributed by atoms with Crippen molar-refractivity contribution < 1.29 is 14.7 Å². The monoisotopic (exact) mass is 278 g/mol. The second-order valence-electron chi connectivity index (χ2n) is 4.82. The molecule has 0 radical (unpaired) electrons. The van der Waals surface area contributed by atoms with E-state index < -0.39 is 5.97 Å². The molecule has 0 spiro atoms. The van der Waals surface area contributed by atoms with E-state index in [9.17, 15) is 9.59 Å². The van der Waals surface area contributed by atoms with Gasteiger partial charge >= 0.3 is 5.97 Å². The summed E-state index contributed by atoms with van der Waals surface area (Å²) in [5.41, 5.74) is 6.80. The van der Waals surface area contributed by atoms with Gasteiger partial charge in [0.15, 0.2) is 0 Å². The predicted molar refractivity (Wildman–Crippen MR) is 77.6 cm³/mol. The summed E-state index contributed by atoms with van der Waals surface area (Å²) in [7, 11) is 0. The van der Waals surface area contributed by atoms with Crippen molar-refractivity contribution in [3.63, 3.8) is 0 Å². The van der Waals surface area contributed by atoms with Crippen LogP contribution in [-0.4, -0.2) is 29.6 Å². The van der Waals surface area contributed by atoms with Crippen molar-refractivity contribution in [2.24, 2.45) is 5.73 Å². The van der Waals surface area contributed by atoms with Gasteiger partial charge in [0.2, 0.25) is 5.91 Å². The highest BCUT2D eigenvalue weighted by Gasteiger charge is 2.10. The molecule has 0 bridgehead atoms. The minimum Gasteiger partial charge on any atom is -0.478 e. The Balaban J connectivity index is 2.41. The molecular weight excluding hydrogens is 256 g/mol. The van der Waals surface area contributed by atoms with Crippen molar-refractivity contribution in [2.75, 3.05) is 6.54 Å². The molecule has 0 fully saturated rings. The molecule has 1 atom stereocenters. The summed E-state index contributed by atoms with van der Waals surface area (Å²) in [6, 6.07) is 6.71. The van der Waals surface area contributed by atoms with Crippen LogP contribution in [0.15, 0.2) is 24.3 Å². The van der Waals surface area contributed by atoms with Crippen molar-refractivity contribution >= 4 is 11.9 Å². The number of nitrogens with two attached hydrogens (primary N) is 1. The van der Waals surface area contributed by atoms with Gasteiger partial charge < -0.3 is 16.2 Å². The molecule has 5 heteroatoms. The fourth-order valence-corrected chi connectivity index (χ4v) is 2.07. The molecule has 20 heavy (non-hydrogen) atoms. The minimum atomic E-state index is -0.947. The summed E-state index contributed by atoms with van der Waals surface area (Å²) in [5.74, 6) is -1.03. The summed E-state index contributed by atoms with van der Waals surface area (Å²) in [6.45, 7) is 2.45. The maximum absolute atomic E-state index is 11.6. The molecule has 1 rings (SSSR count). The van der Waals surface area contributed by atoms with Crippen molar-refractivity contribution in [1.29, 1.82) is 0 Å². The number of aromatic carboxylic acids is 1. The number of rotatable bonds is 8. The van der Waals surface area contributed by atoms with Gasteiger partial charge in [0.05, 0.1) is 5.56 Å². The predicted octanol–water partition coefficient (Wildman–Crippen LogP) is 1.56. The quantitative estimate of drug-likeness (QED) is 0.673. The Morgan fingerprint density at radius 2 is 2.05 bits per heavy atom. The zero-order valence-electron chi connectivity index (χ0n) is 11.8. The molecule has 5 nitrogen and oxygen atoms in total. The molecule has 0 saturated carbocycles. The first kappa shape index (κ1) is 16.2. The average molecular weight is 278 g/mol. The summed E-state index contributed by atoms with van der Waals surface area (Å²) >= 11 is 0. The van der Waals surface area contributed by atoms with E-state index in [1.54, 1.807) is 24.3 Å². The number of hydrogen-bond donors (Lipinski definition) is 3. The lowest BCUT2D eigenvalue weighted by Crippen LogP contribution is -2.32. The fourth-order valence-electron chi connectivity index (χ4n) is 2.07. The normalized spacial score (nSPS) is 11.9. The Morgan fingerprint density at radius 1 is 1.35 bits per heavy atom. The van der Waals surface area contributed by atoms with Crippen molar-refractivity contribution in [3.05, 3.63) is 35.4 Å². The van der Waals surface area contributed by atoms with Gasteiger partial charge in [-0.15, -0.1) is 0 Å². The van der Waals surface area contributed by atoms with E-state index in [2.05, 4.69) is 5.32 Å². The van der Waals surface area contributed by atoms with E-state index in [0.29, 0.717) is 19.4 Å². The Labute approximate surface area is 119 Å². The number of carbonyl (C=O) groups excluding carboxylic acids is 1. The lowest BCUT2D eigenvalue weighted by atomic mass is 10.0. The van der Waals surface area contributed by atoms with E-state index in [0.717, 1.165) is 18.4 Å². The standard InChI is InChI=1S/C15H22N2O3/c1-2-5-12(16)10-14(18)17-9-8-11-6-3-4-7-13(11)15(19)20/h3-4,6-7,12H,2,5,8-10,16H2,1H3,(H,17,18)(H,19,20). The molecule has 0 aliphatic carbocycles. The SMILES string of the molecule is CCCC(N)CC(=O)NCCc1ccccc1C(=O)O. The lowest BCUT2D eigenvalue weighted by molar-refractivity contribution is -0.121. The van der Waals surface area contributed by atoms with Gasteiger partial charge in [-0.25, -0.2) is 4.79 Å². The average Bonchev–Trinajstić information content (AvgIpc) is 2.39. The Bertz CT molecular complexity index is 460. The molecule has 0 saturated heterocycles. The highest BCUT2D eigenvalue weighted by atomic mass is 16.4. The first-order valence-electron chi connectivity index (χ1n) is 6.88. The van der Waals surface area contributed by atoms with Gasteiger partial charge in [-0.3, -0.25) is 4.79 Å². The minimum absolute atomic E-state index is 0.0845. The molecule has 0 aliphatic rings. The van der Waals surface area contributed by atoms with Crippen LogP contribution in [-0.2, 0) is 11.2 Å². The Hall–Kier alpha value is -1.88. The van der Waals surface area contributed by atoms with Crippen molar-refractivity contribution in [2.45, 2.75) is 38.6 Å². The molecular formula is C15H22N2O3. The van der Waals surface area contributed by atoms with E-state index in [-0.39, 0.29) is 17.5 Å². The molecule has 0 aromatic heterocycles. The van der Waals surface area contributed by atoms with Crippen molar-refractivity contribution in [3.8, 4) is 0 Å². The van der Waals surface area contributed by atoms with Crippen LogP contribution in [0.4, 0.5) is 0 Å². The van der Waals surface area contributed by atoms with Crippen LogP contribution in [0.3, 0.4) is 0 Å². The number of benzene rings is 1. The maximum Gasteiger partial charge on any atom is 0.335 e. The number of carbonyl (C=O) groups is 2. The van der Waals surface area contributed by atoms with Crippen LogP contribution < -0.4 is 11.1 Å². The van der Waals surface area contributed by atoms with E-state index in [1.165, 1.54) is 0 Å². The van der Waals surface area contributed by atoms with Crippen LogP contribution in [0.2, 0.25) is 0 Å². The largest absolute Gasteiger partial charge is 0.478 e.